The molecule has 1 heterocycles. The van der Waals surface area contributed by atoms with Crippen molar-refractivity contribution >= 4 is 10.8 Å². The van der Waals surface area contributed by atoms with Gasteiger partial charge in [0, 0.05) is 28.3 Å². The summed E-state index contributed by atoms with van der Waals surface area (Å²) in [5, 5.41) is 2.76. The van der Waals surface area contributed by atoms with Gasteiger partial charge in [0.05, 0.1) is 6.54 Å². The van der Waals surface area contributed by atoms with Gasteiger partial charge in [-0.3, -0.25) is 4.21 Å². The highest BCUT2D eigenvalue weighted by Gasteiger charge is 2.17. The molecular formula is C7H13F2NOS. The Balaban J connectivity index is 2.13. The van der Waals surface area contributed by atoms with Gasteiger partial charge in [0.15, 0.2) is 0 Å². The second-order valence-electron chi connectivity index (χ2n) is 2.92. The van der Waals surface area contributed by atoms with Crippen LogP contribution in [0, 0.1) is 0 Å². The van der Waals surface area contributed by atoms with Crippen LogP contribution in [-0.4, -0.2) is 34.7 Å². The van der Waals surface area contributed by atoms with E-state index in [9.17, 15) is 13.0 Å². The van der Waals surface area contributed by atoms with Crippen LogP contribution in [0.25, 0.3) is 0 Å². The lowest BCUT2D eigenvalue weighted by molar-refractivity contribution is 0.140. The molecule has 0 unspecified atom stereocenters. The molecule has 0 aromatic carbocycles. The quantitative estimate of drug-likeness (QED) is 0.723. The Morgan fingerprint density at radius 1 is 1.42 bits per heavy atom. The van der Waals surface area contributed by atoms with Crippen molar-refractivity contribution in [3.05, 3.63) is 0 Å². The van der Waals surface area contributed by atoms with Crippen LogP contribution in [0.3, 0.4) is 0 Å². The maximum Gasteiger partial charge on any atom is 0.250 e. The summed E-state index contributed by atoms with van der Waals surface area (Å²) < 4.78 is 34.4. The molecule has 1 aliphatic heterocycles. The first-order valence-electron chi connectivity index (χ1n) is 4.05. The molecule has 1 rings (SSSR count). The van der Waals surface area contributed by atoms with Crippen molar-refractivity contribution in [1.82, 2.24) is 5.32 Å². The predicted octanol–water partition coefficient (Wildman–Crippen LogP) is 0.752. The first kappa shape index (κ1) is 10.1. The molecule has 0 atom stereocenters. The minimum atomic E-state index is -2.28. The van der Waals surface area contributed by atoms with Crippen LogP contribution in [0.5, 0.6) is 0 Å². The van der Waals surface area contributed by atoms with E-state index in [4.69, 9.17) is 0 Å². The summed E-state index contributed by atoms with van der Waals surface area (Å²) in [5.41, 5.74) is 0. The van der Waals surface area contributed by atoms with Gasteiger partial charge in [-0.1, -0.05) is 0 Å². The third-order valence-corrected chi connectivity index (χ3v) is 3.33. The molecule has 1 saturated heterocycles. The lowest BCUT2D eigenvalue weighted by Crippen LogP contribution is -2.38. The van der Waals surface area contributed by atoms with Crippen LogP contribution < -0.4 is 5.32 Å². The fourth-order valence-corrected chi connectivity index (χ4v) is 2.55. The fourth-order valence-electron chi connectivity index (χ4n) is 1.25. The van der Waals surface area contributed by atoms with Gasteiger partial charge in [0.25, 0.3) is 6.43 Å². The van der Waals surface area contributed by atoms with Gasteiger partial charge in [-0.05, 0) is 12.8 Å². The summed E-state index contributed by atoms with van der Waals surface area (Å²) >= 11 is 0. The molecule has 0 amide bonds. The summed E-state index contributed by atoms with van der Waals surface area (Å²) in [6.45, 7) is -0.239. The standard InChI is InChI=1S/C7H13F2NOS/c8-7(9)5-10-6-1-3-12(11)4-2-6/h6-7,10H,1-5H2. The third kappa shape index (κ3) is 3.58. The molecule has 1 N–H and O–H groups in total. The van der Waals surface area contributed by atoms with E-state index in [1.165, 1.54) is 0 Å². The van der Waals surface area contributed by atoms with E-state index < -0.39 is 17.2 Å². The molecule has 1 fully saturated rings. The molecule has 0 radical (unpaired) electrons. The summed E-state index contributed by atoms with van der Waals surface area (Å²) in [6.07, 6.45) is -0.754. The molecular weight excluding hydrogens is 184 g/mol. The Bertz CT molecular complexity index is 155. The molecule has 5 heteroatoms. The first-order chi connectivity index (χ1) is 5.68. The lowest BCUT2D eigenvalue weighted by atomic mass is 10.1. The zero-order valence-corrected chi connectivity index (χ0v) is 7.58. The summed E-state index contributed by atoms with van der Waals surface area (Å²) in [7, 11) is -0.703. The molecule has 0 aliphatic carbocycles. The average molecular weight is 197 g/mol. The van der Waals surface area contributed by atoms with Crippen LogP contribution in [0.4, 0.5) is 8.78 Å². The molecule has 0 aromatic heterocycles. The Labute approximate surface area is 73.2 Å². The molecule has 0 bridgehead atoms. The van der Waals surface area contributed by atoms with Gasteiger partial charge < -0.3 is 5.32 Å². The highest BCUT2D eigenvalue weighted by molar-refractivity contribution is 7.85. The summed E-state index contributed by atoms with van der Waals surface area (Å²) in [6, 6.07) is 0.150. The van der Waals surface area contributed by atoms with Gasteiger partial charge in [-0.25, -0.2) is 8.78 Å². The Kier molecular flexibility index (Phi) is 4.08. The molecule has 12 heavy (non-hydrogen) atoms. The van der Waals surface area contributed by atoms with E-state index in [1.54, 1.807) is 0 Å². The van der Waals surface area contributed by atoms with E-state index in [2.05, 4.69) is 5.32 Å². The van der Waals surface area contributed by atoms with Gasteiger partial charge in [-0.15, -0.1) is 0 Å². The third-order valence-electron chi connectivity index (χ3n) is 1.95. The SMILES string of the molecule is O=S1CCC(NCC(F)F)CC1. The summed E-state index contributed by atoms with van der Waals surface area (Å²) in [5.74, 6) is 1.31. The highest BCUT2D eigenvalue weighted by atomic mass is 32.2. The maximum absolute atomic E-state index is 11.7. The highest BCUT2D eigenvalue weighted by Crippen LogP contribution is 2.09. The van der Waals surface area contributed by atoms with Crippen molar-refractivity contribution in [2.24, 2.45) is 0 Å². The molecule has 0 aromatic rings. The van der Waals surface area contributed by atoms with Gasteiger partial charge in [-0.2, -0.15) is 0 Å². The minimum Gasteiger partial charge on any atom is -0.309 e. The predicted molar refractivity (Wildman–Crippen MR) is 44.9 cm³/mol. The normalized spacial score (nSPS) is 30.9. The first-order valence-corrected chi connectivity index (χ1v) is 5.54. The van der Waals surface area contributed by atoms with E-state index in [0.29, 0.717) is 11.5 Å². The molecule has 1 aliphatic rings. The summed E-state index contributed by atoms with van der Waals surface area (Å²) in [4.78, 5) is 0. The number of alkyl halides is 2. The average Bonchev–Trinajstić information content (AvgIpc) is 2.03. The van der Waals surface area contributed by atoms with Crippen molar-refractivity contribution in [2.45, 2.75) is 25.3 Å². The van der Waals surface area contributed by atoms with E-state index in [1.807, 2.05) is 0 Å². The van der Waals surface area contributed by atoms with Gasteiger partial charge >= 0.3 is 0 Å². The number of nitrogens with one attached hydrogen (secondary N) is 1. The van der Waals surface area contributed by atoms with Crippen molar-refractivity contribution in [3.63, 3.8) is 0 Å². The van der Waals surface area contributed by atoms with Crippen LogP contribution >= 0.6 is 0 Å². The van der Waals surface area contributed by atoms with Crippen molar-refractivity contribution in [2.75, 3.05) is 18.1 Å². The van der Waals surface area contributed by atoms with Crippen LogP contribution in [0.15, 0.2) is 0 Å². The zero-order chi connectivity index (χ0) is 8.97. The molecule has 2 nitrogen and oxygen atoms in total. The Morgan fingerprint density at radius 3 is 2.50 bits per heavy atom. The van der Waals surface area contributed by atoms with E-state index >= 15 is 0 Å². The Hall–Kier alpha value is -0.0300. The number of hydrogen-bond donors (Lipinski definition) is 1. The fraction of sp³-hybridized carbons (Fsp3) is 1.00. The number of rotatable bonds is 3. The van der Waals surface area contributed by atoms with E-state index in [0.717, 1.165) is 12.8 Å². The second kappa shape index (κ2) is 4.87. The molecule has 72 valence electrons. The van der Waals surface area contributed by atoms with Crippen molar-refractivity contribution in [1.29, 1.82) is 0 Å². The molecule has 0 saturated carbocycles. The second-order valence-corrected chi connectivity index (χ2v) is 4.62. The largest absolute Gasteiger partial charge is 0.309 e. The van der Waals surface area contributed by atoms with Crippen LogP contribution in [-0.2, 0) is 10.8 Å². The number of halogens is 2. The van der Waals surface area contributed by atoms with Crippen LogP contribution in [0.2, 0.25) is 0 Å². The zero-order valence-electron chi connectivity index (χ0n) is 6.76. The van der Waals surface area contributed by atoms with E-state index in [-0.39, 0.29) is 12.6 Å². The van der Waals surface area contributed by atoms with Crippen molar-refractivity contribution in [3.8, 4) is 0 Å². The lowest BCUT2D eigenvalue weighted by Gasteiger charge is -2.22. The minimum absolute atomic E-state index is 0.150. The molecule has 0 spiro atoms. The smallest absolute Gasteiger partial charge is 0.250 e. The monoisotopic (exact) mass is 197 g/mol. The topological polar surface area (TPSA) is 29.1 Å². The van der Waals surface area contributed by atoms with Gasteiger partial charge in [0.2, 0.25) is 0 Å². The van der Waals surface area contributed by atoms with Gasteiger partial charge in [0.1, 0.15) is 0 Å². The van der Waals surface area contributed by atoms with Crippen LogP contribution in [0.1, 0.15) is 12.8 Å². The Morgan fingerprint density at radius 2 is 2.00 bits per heavy atom. The maximum atomic E-state index is 11.7. The number of hydrogen-bond acceptors (Lipinski definition) is 2. The van der Waals surface area contributed by atoms with Crippen molar-refractivity contribution < 1.29 is 13.0 Å².